The Hall–Kier alpha value is -3.41. The lowest BCUT2D eigenvalue weighted by molar-refractivity contribution is 0.415. The smallest absolute Gasteiger partial charge is 0.262 e. The molecule has 0 atom stereocenters. The number of hydrogen-bond donors (Lipinski definition) is 1. The van der Waals surface area contributed by atoms with Crippen LogP contribution in [-0.2, 0) is 0 Å². The minimum absolute atomic E-state index is 0.160. The third-order valence-electron chi connectivity index (χ3n) is 3.99. The van der Waals surface area contributed by atoms with E-state index in [0.717, 1.165) is 0 Å². The van der Waals surface area contributed by atoms with Crippen LogP contribution in [0, 0.1) is 5.82 Å². The predicted octanol–water partition coefficient (Wildman–Crippen LogP) is 4.00. The van der Waals surface area contributed by atoms with Gasteiger partial charge in [-0.05, 0) is 29.8 Å². The number of fused-ring (bicyclic) bond motifs is 1. The van der Waals surface area contributed by atoms with Crippen LogP contribution in [0.3, 0.4) is 0 Å². The first kappa shape index (κ1) is 15.1. The van der Waals surface area contributed by atoms with Gasteiger partial charge in [0, 0.05) is 5.56 Å². The van der Waals surface area contributed by atoms with Gasteiger partial charge in [-0.1, -0.05) is 24.3 Å². The largest absolute Gasteiger partial charge is 0.497 e. The highest BCUT2D eigenvalue weighted by atomic mass is 19.1. The topological polar surface area (TPSA) is 68.1 Å². The third-order valence-corrected chi connectivity index (χ3v) is 3.99. The lowest BCUT2D eigenvalue weighted by Gasteiger charge is -2.06. The summed E-state index contributed by atoms with van der Waals surface area (Å²) in [6, 6.07) is 13.4. The maximum absolute atomic E-state index is 14.3. The SMILES string of the molecule is COc1ccc(-c2c(-c3ccccc3F)oc3nc[nH]c(=O)c23)cc1. The van der Waals surface area contributed by atoms with E-state index in [-0.39, 0.29) is 28.0 Å². The van der Waals surface area contributed by atoms with Crippen LogP contribution >= 0.6 is 0 Å². The number of ether oxygens (including phenoxy) is 1. The Bertz CT molecular complexity index is 1110. The molecule has 0 bridgehead atoms. The Morgan fingerprint density at radius 1 is 1.12 bits per heavy atom. The molecule has 2 aromatic heterocycles. The van der Waals surface area contributed by atoms with Crippen molar-refractivity contribution in [1.82, 2.24) is 9.97 Å². The lowest BCUT2D eigenvalue weighted by Crippen LogP contribution is -2.05. The van der Waals surface area contributed by atoms with Crippen molar-refractivity contribution in [3.63, 3.8) is 0 Å². The van der Waals surface area contributed by atoms with Gasteiger partial charge in [-0.15, -0.1) is 0 Å². The summed E-state index contributed by atoms with van der Waals surface area (Å²) >= 11 is 0. The summed E-state index contributed by atoms with van der Waals surface area (Å²) in [6.07, 6.45) is 1.26. The first-order valence-corrected chi connectivity index (χ1v) is 7.58. The Balaban J connectivity index is 2.08. The summed E-state index contributed by atoms with van der Waals surface area (Å²) in [6.45, 7) is 0. The molecule has 4 aromatic rings. The van der Waals surface area contributed by atoms with Crippen molar-refractivity contribution in [3.05, 3.63) is 71.0 Å². The predicted molar refractivity (Wildman–Crippen MR) is 92.0 cm³/mol. The molecule has 0 saturated carbocycles. The molecule has 0 spiro atoms. The molecule has 124 valence electrons. The molecule has 0 radical (unpaired) electrons. The van der Waals surface area contributed by atoms with Gasteiger partial charge in [-0.2, -0.15) is 0 Å². The number of rotatable bonds is 3. The van der Waals surface area contributed by atoms with Gasteiger partial charge in [-0.3, -0.25) is 4.79 Å². The third kappa shape index (κ3) is 2.48. The molecule has 4 rings (SSSR count). The van der Waals surface area contributed by atoms with Crippen LogP contribution in [0.1, 0.15) is 0 Å². The number of aromatic nitrogens is 2. The molecule has 1 N–H and O–H groups in total. The zero-order chi connectivity index (χ0) is 17.4. The summed E-state index contributed by atoms with van der Waals surface area (Å²) < 4.78 is 25.3. The quantitative estimate of drug-likeness (QED) is 0.614. The van der Waals surface area contributed by atoms with Crippen LogP contribution in [-0.4, -0.2) is 17.1 Å². The van der Waals surface area contributed by atoms with Gasteiger partial charge < -0.3 is 14.1 Å². The van der Waals surface area contributed by atoms with Gasteiger partial charge in [0.1, 0.15) is 22.7 Å². The summed E-state index contributed by atoms with van der Waals surface area (Å²) in [5, 5.41) is 0.283. The fourth-order valence-electron chi connectivity index (χ4n) is 2.81. The fraction of sp³-hybridized carbons (Fsp3) is 0.0526. The van der Waals surface area contributed by atoms with Crippen LogP contribution in [0.5, 0.6) is 5.75 Å². The normalized spacial score (nSPS) is 11.0. The zero-order valence-electron chi connectivity index (χ0n) is 13.2. The molecule has 0 aliphatic heterocycles. The van der Waals surface area contributed by atoms with Crippen molar-refractivity contribution in [2.75, 3.05) is 7.11 Å². The monoisotopic (exact) mass is 336 g/mol. The molecule has 6 heteroatoms. The molecule has 2 heterocycles. The molecular weight excluding hydrogens is 323 g/mol. The minimum atomic E-state index is -0.437. The summed E-state index contributed by atoms with van der Waals surface area (Å²) in [4.78, 5) is 19.0. The second-order valence-electron chi connectivity index (χ2n) is 5.43. The Morgan fingerprint density at radius 2 is 1.88 bits per heavy atom. The molecule has 0 amide bonds. The van der Waals surface area contributed by atoms with Crippen molar-refractivity contribution < 1.29 is 13.5 Å². The fourth-order valence-corrected chi connectivity index (χ4v) is 2.81. The molecule has 0 fully saturated rings. The first-order chi connectivity index (χ1) is 12.2. The van der Waals surface area contributed by atoms with Crippen molar-refractivity contribution in [2.24, 2.45) is 0 Å². The molecule has 25 heavy (non-hydrogen) atoms. The van der Waals surface area contributed by atoms with Crippen LogP contribution in [0.2, 0.25) is 0 Å². The molecule has 0 aliphatic rings. The van der Waals surface area contributed by atoms with Crippen molar-refractivity contribution in [1.29, 1.82) is 0 Å². The maximum Gasteiger partial charge on any atom is 0.262 e. The van der Waals surface area contributed by atoms with Gasteiger partial charge in [0.2, 0.25) is 5.71 Å². The average Bonchev–Trinajstić information content (AvgIpc) is 3.03. The first-order valence-electron chi connectivity index (χ1n) is 7.58. The number of methoxy groups -OCH3 is 1. The second-order valence-corrected chi connectivity index (χ2v) is 5.43. The van der Waals surface area contributed by atoms with E-state index >= 15 is 0 Å². The number of furan rings is 1. The van der Waals surface area contributed by atoms with Crippen LogP contribution in [0.4, 0.5) is 4.39 Å². The standard InChI is InChI=1S/C19H13FN2O3/c1-24-12-8-6-11(7-9-12)15-16-18(23)21-10-22-19(16)25-17(15)13-4-2-3-5-14(13)20/h2-10H,1H3,(H,21,22,23). The van der Waals surface area contributed by atoms with Crippen LogP contribution < -0.4 is 10.3 Å². The minimum Gasteiger partial charge on any atom is -0.497 e. The van der Waals surface area contributed by atoms with Crippen molar-refractivity contribution in [2.45, 2.75) is 0 Å². The number of aromatic amines is 1. The molecule has 0 unspecified atom stereocenters. The zero-order valence-corrected chi connectivity index (χ0v) is 13.2. The Kier molecular flexibility index (Phi) is 3.57. The van der Waals surface area contributed by atoms with E-state index in [4.69, 9.17) is 9.15 Å². The second kappa shape index (κ2) is 5.90. The van der Waals surface area contributed by atoms with Crippen molar-refractivity contribution in [3.8, 4) is 28.2 Å². The summed E-state index contributed by atoms with van der Waals surface area (Å²) in [5.74, 6) is 0.506. The number of halogens is 1. The molecular formula is C19H13FN2O3. The van der Waals surface area contributed by atoms with E-state index in [2.05, 4.69) is 9.97 Å². The van der Waals surface area contributed by atoms with Crippen LogP contribution in [0.25, 0.3) is 33.6 Å². The van der Waals surface area contributed by atoms with Gasteiger partial charge in [0.15, 0.2) is 0 Å². The van der Waals surface area contributed by atoms with E-state index < -0.39 is 5.82 Å². The van der Waals surface area contributed by atoms with E-state index in [0.29, 0.717) is 16.9 Å². The van der Waals surface area contributed by atoms with E-state index in [1.807, 2.05) is 0 Å². The Labute approximate surface area is 141 Å². The van der Waals surface area contributed by atoms with Gasteiger partial charge in [0.25, 0.3) is 5.56 Å². The number of H-pyrrole nitrogens is 1. The van der Waals surface area contributed by atoms with Crippen molar-refractivity contribution >= 4 is 11.1 Å². The van der Waals surface area contributed by atoms with E-state index in [9.17, 15) is 9.18 Å². The lowest BCUT2D eigenvalue weighted by atomic mass is 9.99. The average molecular weight is 336 g/mol. The van der Waals surface area contributed by atoms with Gasteiger partial charge in [-0.25, -0.2) is 9.37 Å². The van der Waals surface area contributed by atoms with Gasteiger partial charge >= 0.3 is 0 Å². The number of nitrogens with one attached hydrogen (secondary N) is 1. The number of nitrogens with zero attached hydrogens (tertiary/aromatic N) is 1. The maximum atomic E-state index is 14.3. The van der Waals surface area contributed by atoms with Crippen LogP contribution in [0.15, 0.2) is 64.1 Å². The Morgan fingerprint density at radius 3 is 2.60 bits per heavy atom. The highest BCUT2D eigenvalue weighted by Crippen LogP contribution is 2.39. The van der Waals surface area contributed by atoms with Gasteiger partial charge in [0.05, 0.1) is 19.0 Å². The van der Waals surface area contributed by atoms with E-state index in [1.165, 1.54) is 12.4 Å². The summed E-state index contributed by atoms with van der Waals surface area (Å²) in [7, 11) is 1.57. The number of hydrogen-bond acceptors (Lipinski definition) is 4. The summed E-state index contributed by atoms with van der Waals surface area (Å²) in [5.41, 5.74) is 1.29. The highest BCUT2D eigenvalue weighted by Gasteiger charge is 2.22. The number of benzene rings is 2. The molecule has 0 saturated heterocycles. The van der Waals surface area contributed by atoms with E-state index in [1.54, 1.807) is 49.6 Å². The molecule has 0 aliphatic carbocycles. The molecule has 2 aromatic carbocycles. The highest BCUT2D eigenvalue weighted by molar-refractivity contribution is 5.99. The molecule has 5 nitrogen and oxygen atoms in total.